The molecule has 1 heterocycles. The maximum absolute atomic E-state index is 12.9. The Morgan fingerprint density at radius 2 is 1.82 bits per heavy atom. The third kappa shape index (κ3) is 5.46. The number of rotatable bonds is 8. The molecule has 1 saturated carbocycles. The number of hydrogen-bond donors (Lipinski definition) is 3. The summed E-state index contributed by atoms with van der Waals surface area (Å²) in [6.07, 6.45) is 4.83. The summed E-state index contributed by atoms with van der Waals surface area (Å²) >= 11 is 0. The monoisotopic (exact) mass is 469 g/mol. The fraction of sp³-hybridized carbons (Fsp3) is 0.400. The summed E-state index contributed by atoms with van der Waals surface area (Å²) in [5, 5.41) is 13.4. The Bertz CT molecular complexity index is 1200. The van der Waals surface area contributed by atoms with Gasteiger partial charge in [0.05, 0.1) is 10.9 Å². The van der Waals surface area contributed by atoms with Crippen molar-refractivity contribution in [1.29, 1.82) is 0 Å². The van der Waals surface area contributed by atoms with Crippen LogP contribution in [-0.2, 0) is 21.9 Å². The molecule has 176 valence electrons. The smallest absolute Gasteiger partial charge is 0.240 e. The lowest BCUT2D eigenvalue weighted by Gasteiger charge is -2.29. The molecule has 4 rings (SSSR count). The van der Waals surface area contributed by atoms with E-state index < -0.39 is 10.0 Å². The number of nitrogens with one attached hydrogen (secondary N) is 2. The first kappa shape index (κ1) is 23.5. The number of carbonyl (C=O) groups excluding carboxylic acids is 1. The highest BCUT2D eigenvalue weighted by Crippen LogP contribution is 2.28. The number of aromatic nitrogens is 1. The van der Waals surface area contributed by atoms with Crippen molar-refractivity contribution < 1.29 is 18.3 Å². The van der Waals surface area contributed by atoms with E-state index in [1.807, 2.05) is 60.3 Å². The van der Waals surface area contributed by atoms with Crippen LogP contribution in [0.25, 0.3) is 10.9 Å². The average molecular weight is 470 g/mol. The lowest BCUT2D eigenvalue weighted by Crippen LogP contribution is -2.41. The molecule has 1 aliphatic rings. The lowest BCUT2D eigenvalue weighted by molar-refractivity contribution is -0.126. The third-order valence-electron chi connectivity index (χ3n) is 6.52. The van der Waals surface area contributed by atoms with Crippen LogP contribution in [0.5, 0.6) is 0 Å². The number of aryl methyl sites for hydroxylation is 1. The minimum Gasteiger partial charge on any atom is -0.396 e. The number of carbonyl (C=O) groups is 1. The number of nitrogens with zero attached hydrogens (tertiary/aromatic N) is 1. The van der Waals surface area contributed by atoms with Gasteiger partial charge in [-0.2, -0.15) is 0 Å². The van der Waals surface area contributed by atoms with Crippen molar-refractivity contribution in [3.05, 3.63) is 66.4 Å². The number of aliphatic hydroxyl groups excluding tert-OH is 1. The highest BCUT2D eigenvalue weighted by atomic mass is 32.2. The van der Waals surface area contributed by atoms with Crippen molar-refractivity contribution in [3.8, 4) is 0 Å². The quantitative estimate of drug-likeness (QED) is 0.471. The van der Waals surface area contributed by atoms with Gasteiger partial charge in [0.25, 0.3) is 0 Å². The van der Waals surface area contributed by atoms with Gasteiger partial charge in [-0.3, -0.25) is 4.79 Å². The van der Waals surface area contributed by atoms with E-state index >= 15 is 0 Å². The molecule has 0 saturated heterocycles. The Labute approximate surface area is 194 Å². The SMILES string of the molecule is Cn1ccc2cc(S(=O)(=O)NC3CCC(C(=O)N[C@H](CCO)c4ccccc4)CC3)ccc21. The molecule has 7 nitrogen and oxygen atoms in total. The fourth-order valence-corrected chi connectivity index (χ4v) is 5.95. The molecule has 8 heteroatoms. The summed E-state index contributed by atoms with van der Waals surface area (Å²) in [5.74, 6) is -0.190. The molecular weight excluding hydrogens is 438 g/mol. The van der Waals surface area contributed by atoms with Crippen molar-refractivity contribution in [3.63, 3.8) is 0 Å². The van der Waals surface area contributed by atoms with Crippen LogP contribution in [0.4, 0.5) is 0 Å². The number of hydrogen-bond acceptors (Lipinski definition) is 4. The Morgan fingerprint density at radius 3 is 2.52 bits per heavy atom. The van der Waals surface area contributed by atoms with E-state index in [2.05, 4.69) is 10.0 Å². The van der Waals surface area contributed by atoms with E-state index in [0.717, 1.165) is 16.5 Å². The zero-order chi connectivity index (χ0) is 23.4. The molecule has 3 aromatic rings. The van der Waals surface area contributed by atoms with Gasteiger partial charge < -0.3 is 15.0 Å². The molecule has 0 radical (unpaired) electrons. The van der Waals surface area contributed by atoms with Crippen LogP contribution in [0.3, 0.4) is 0 Å². The zero-order valence-electron chi connectivity index (χ0n) is 18.8. The Kier molecular flexibility index (Phi) is 7.17. The molecule has 1 fully saturated rings. The van der Waals surface area contributed by atoms with Crippen LogP contribution in [-0.4, -0.2) is 36.6 Å². The van der Waals surface area contributed by atoms with Gasteiger partial charge in [0, 0.05) is 42.7 Å². The molecule has 1 atom stereocenters. The molecule has 1 amide bonds. The van der Waals surface area contributed by atoms with Crippen LogP contribution in [0.15, 0.2) is 65.7 Å². The van der Waals surface area contributed by atoms with Gasteiger partial charge in [-0.25, -0.2) is 13.1 Å². The standard InChI is InChI=1S/C25H31N3O4S/c1-28-15-13-20-17-22(11-12-24(20)28)33(31,32)27-21-9-7-19(8-10-21)25(30)26-23(14-16-29)18-5-3-2-4-6-18/h2-6,11-13,15,17,19,21,23,27,29H,7-10,14,16H2,1H3,(H,26,30)/t19?,21?,23-/m1/s1. The highest BCUT2D eigenvalue weighted by molar-refractivity contribution is 7.89. The van der Waals surface area contributed by atoms with Crippen molar-refractivity contribution in [2.75, 3.05) is 6.61 Å². The van der Waals surface area contributed by atoms with Gasteiger partial charge in [-0.05, 0) is 61.9 Å². The lowest BCUT2D eigenvalue weighted by atomic mass is 9.85. The Hall–Kier alpha value is -2.68. The maximum atomic E-state index is 12.9. The first-order valence-electron chi connectivity index (χ1n) is 11.4. The summed E-state index contributed by atoms with van der Waals surface area (Å²) < 4.78 is 30.6. The van der Waals surface area contributed by atoms with E-state index in [1.165, 1.54) is 0 Å². The van der Waals surface area contributed by atoms with Crippen LogP contribution in [0.1, 0.15) is 43.7 Å². The molecule has 0 bridgehead atoms. The van der Waals surface area contributed by atoms with Crippen molar-refractivity contribution in [2.45, 2.75) is 49.1 Å². The Morgan fingerprint density at radius 1 is 1.09 bits per heavy atom. The predicted octanol–water partition coefficient (Wildman–Crippen LogP) is 3.26. The highest BCUT2D eigenvalue weighted by Gasteiger charge is 2.30. The molecular formula is C25H31N3O4S. The van der Waals surface area contributed by atoms with E-state index in [9.17, 15) is 18.3 Å². The summed E-state index contributed by atoms with van der Waals surface area (Å²) in [4.78, 5) is 13.1. The maximum Gasteiger partial charge on any atom is 0.240 e. The number of fused-ring (bicyclic) bond motifs is 1. The van der Waals surface area contributed by atoms with E-state index in [-0.39, 0.29) is 35.4 Å². The Balaban J connectivity index is 1.34. The summed E-state index contributed by atoms with van der Waals surface area (Å²) in [7, 11) is -1.70. The van der Waals surface area contributed by atoms with E-state index in [4.69, 9.17) is 0 Å². The number of benzene rings is 2. The second-order valence-electron chi connectivity index (χ2n) is 8.80. The summed E-state index contributed by atoms with van der Waals surface area (Å²) in [6, 6.07) is 16.3. The third-order valence-corrected chi connectivity index (χ3v) is 8.04. The van der Waals surface area contributed by atoms with Crippen molar-refractivity contribution in [2.24, 2.45) is 13.0 Å². The fourth-order valence-electron chi connectivity index (χ4n) is 4.61. The topological polar surface area (TPSA) is 100 Å². The molecule has 1 aliphatic carbocycles. The second-order valence-corrected chi connectivity index (χ2v) is 10.5. The number of aliphatic hydroxyl groups is 1. The zero-order valence-corrected chi connectivity index (χ0v) is 19.6. The van der Waals surface area contributed by atoms with Crippen LogP contribution in [0, 0.1) is 5.92 Å². The molecule has 0 spiro atoms. The van der Waals surface area contributed by atoms with Gasteiger partial charge in [-0.15, -0.1) is 0 Å². The predicted molar refractivity (Wildman–Crippen MR) is 128 cm³/mol. The minimum absolute atomic E-state index is 0.0108. The second kappa shape index (κ2) is 10.1. The van der Waals surface area contributed by atoms with E-state index in [0.29, 0.717) is 32.1 Å². The van der Waals surface area contributed by atoms with Gasteiger partial charge in [0.2, 0.25) is 15.9 Å². The van der Waals surface area contributed by atoms with Crippen LogP contribution < -0.4 is 10.0 Å². The largest absolute Gasteiger partial charge is 0.396 e. The van der Waals surface area contributed by atoms with Crippen molar-refractivity contribution >= 4 is 26.8 Å². The minimum atomic E-state index is -3.63. The van der Waals surface area contributed by atoms with Gasteiger partial charge >= 0.3 is 0 Å². The number of sulfonamides is 1. The summed E-state index contributed by atoms with van der Waals surface area (Å²) in [5.41, 5.74) is 1.95. The van der Waals surface area contributed by atoms with Crippen molar-refractivity contribution in [1.82, 2.24) is 14.6 Å². The van der Waals surface area contributed by atoms with Crippen LogP contribution >= 0.6 is 0 Å². The molecule has 3 N–H and O–H groups in total. The molecule has 0 aliphatic heterocycles. The first-order chi connectivity index (χ1) is 15.9. The number of amides is 1. The van der Waals surface area contributed by atoms with Gasteiger partial charge in [0.1, 0.15) is 0 Å². The summed E-state index contributed by atoms with van der Waals surface area (Å²) in [6.45, 7) is -0.0108. The normalized spacial score (nSPS) is 19.9. The van der Waals surface area contributed by atoms with Gasteiger partial charge in [-0.1, -0.05) is 30.3 Å². The van der Waals surface area contributed by atoms with Crippen LogP contribution in [0.2, 0.25) is 0 Å². The molecule has 0 unspecified atom stereocenters. The van der Waals surface area contributed by atoms with Gasteiger partial charge in [0.15, 0.2) is 0 Å². The molecule has 1 aromatic heterocycles. The average Bonchev–Trinajstić information content (AvgIpc) is 3.19. The van der Waals surface area contributed by atoms with E-state index in [1.54, 1.807) is 12.1 Å². The molecule has 33 heavy (non-hydrogen) atoms. The molecule has 2 aromatic carbocycles. The first-order valence-corrected chi connectivity index (χ1v) is 12.9.